The molecule has 0 amide bonds. The molecule has 1 aromatic rings. The van der Waals surface area contributed by atoms with Gasteiger partial charge in [0.15, 0.2) is 0 Å². The molecule has 0 spiro atoms. The third-order valence-electron chi connectivity index (χ3n) is 2.86. The molecule has 1 aromatic heterocycles. The van der Waals surface area contributed by atoms with Gasteiger partial charge in [0.25, 0.3) is 0 Å². The largest absolute Gasteiger partial charge is 0.465 e. The van der Waals surface area contributed by atoms with Crippen molar-refractivity contribution in [2.45, 2.75) is 51.5 Å². The molecule has 0 saturated heterocycles. The maximum atomic E-state index is 10.9. The number of aryl methyl sites for hydroxylation is 1. The van der Waals surface area contributed by atoms with E-state index in [1.54, 1.807) is 12.3 Å². The summed E-state index contributed by atoms with van der Waals surface area (Å²) < 4.78 is 6.98. The van der Waals surface area contributed by atoms with Gasteiger partial charge in [-0.15, -0.1) is 0 Å². The zero-order chi connectivity index (χ0) is 13.8. The van der Waals surface area contributed by atoms with E-state index in [-0.39, 0.29) is 6.42 Å². The summed E-state index contributed by atoms with van der Waals surface area (Å²) in [7, 11) is 0. The summed E-state index contributed by atoms with van der Waals surface area (Å²) in [5.74, 6) is -0.414. The highest BCUT2D eigenvalue weighted by Gasteiger charge is 2.00. The number of hydrogen-bond donors (Lipinski definition) is 0. The average molecular weight is 263 g/mol. The third kappa shape index (κ3) is 7.98. The second-order valence-electron chi connectivity index (χ2n) is 4.48. The van der Waals surface area contributed by atoms with Gasteiger partial charge in [0.2, 0.25) is 0 Å². The van der Waals surface area contributed by atoms with Gasteiger partial charge in [-0.25, -0.2) is 4.98 Å². The molecule has 1 rings (SSSR count). The number of carbonyl (C=O) groups is 1. The Bertz CT molecular complexity index is 382. The van der Waals surface area contributed by atoms with Gasteiger partial charge in [-0.1, -0.05) is 25.7 Å². The monoisotopic (exact) mass is 263 g/mol. The van der Waals surface area contributed by atoms with E-state index in [2.05, 4.69) is 9.55 Å². The Morgan fingerprint density at radius 3 is 2.63 bits per heavy atom. The molecular formula is C14H21N3O2. The molecular weight excluding hydrogens is 242 g/mol. The predicted octanol–water partition coefficient (Wildman–Crippen LogP) is 2.68. The molecule has 0 aliphatic heterocycles. The normalized spacial score (nSPS) is 10.1. The molecule has 0 N–H and O–H groups in total. The van der Waals surface area contributed by atoms with Crippen LogP contribution in [0.1, 0.15) is 44.9 Å². The first-order chi connectivity index (χ1) is 9.33. The van der Waals surface area contributed by atoms with Gasteiger partial charge in [-0.05, 0) is 12.8 Å². The van der Waals surface area contributed by atoms with Crippen LogP contribution in [0, 0.1) is 11.3 Å². The molecule has 0 bridgehead atoms. The van der Waals surface area contributed by atoms with Gasteiger partial charge < -0.3 is 9.30 Å². The second kappa shape index (κ2) is 10.1. The number of rotatable bonds is 10. The molecule has 0 aliphatic rings. The fourth-order valence-corrected chi connectivity index (χ4v) is 1.82. The summed E-state index contributed by atoms with van der Waals surface area (Å²) in [6, 6.07) is 1.77. The summed E-state index contributed by atoms with van der Waals surface area (Å²) in [5.41, 5.74) is 0. The van der Waals surface area contributed by atoms with Crippen molar-refractivity contribution < 1.29 is 9.53 Å². The zero-order valence-electron chi connectivity index (χ0n) is 11.3. The minimum atomic E-state index is -0.414. The van der Waals surface area contributed by atoms with Crippen molar-refractivity contribution in [2.75, 3.05) is 6.61 Å². The first-order valence-electron chi connectivity index (χ1n) is 6.81. The van der Waals surface area contributed by atoms with E-state index >= 15 is 0 Å². The van der Waals surface area contributed by atoms with Crippen molar-refractivity contribution >= 4 is 5.97 Å². The topological polar surface area (TPSA) is 67.9 Å². The third-order valence-corrected chi connectivity index (χ3v) is 2.86. The second-order valence-corrected chi connectivity index (χ2v) is 4.48. The van der Waals surface area contributed by atoms with Crippen LogP contribution >= 0.6 is 0 Å². The molecule has 19 heavy (non-hydrogen) atoms. The average Bonchev–Trinajstić information content (AvgIpc) is 2.90. The molecule has 0 unspecified atom stereocenters. The molecule has 0 radical (unpaired) electrons. The first-order valence-corrected chi connectivity index (χ1v) is 6.81. The molecule has 104 valence electrons. The van der Waals surface area contributed by atoms with Crippen LogP contribution in [-0.2, 0) is 16.1 Å². The number of nitriles is 1. The van der Waals surface area contributed by atoms with Crippen molar-refractivity contribution in [3.63, 3.8) is 0 Å². The summed E-state index contributed by atoms with van der Waals surface area (Å²) in [6.45, 7) is 1.47. The maximum absolute atomic E-state index is 10.9. The van der Waals surface area contributed by atoms with E-state index in [0.717, 1.165) is 19.4 Å². The Hall–Kier alpha value is -1.83. The number of unbranched alkanes of at least 4 members (excludes halogenated alkanes) is 5. The van der Waals surface area contributed by atoms with Gasteiger partial charge in [0.1, 0.15) is 6.42 Å². The lowest BCUT2D eigenvalue weighted by Gasteiger charge is -2.04. The van der Waals surface area contributed by atoms with Crippen molar-refractivity contribution in [2.24, 2.45) is 0 Å². The molecule has 0 aliphatic carbocycles. The minimum Gasteiger partial charge on any atom is -0.465 e. The van der Waals surface area contributed by atoms with Crippen LogP contribution < -0.4 is 0 Å². The van der Waals surface area contributed by atoms with E-state index in [1.165, 1.54) is 25.7 Å². The predicted molar refractivity (Wildman–Crippen MR) is 71.1 cm³/mol. The Morgan fingerprint density at radius 2 is 1.95 bits per heavy atom. The molecule has 0 saturated carbocycles. The highest BCUT2D eigenvalue weighted by atomic mass is 16.5. The van der Waals surface area contributed by atoms with Crippen LogP contribution in [0.15, 0.2) is 18.7 Å². The van der Waals surface area contributed by atoms with Crippen LogP contribution in [0.3, 0.4) is 0 Å². The van der Waals surface area contributed by atoms with E-state index in [9.17, 15) is 4.79 Å². The summed E-state index contributed by atoms with van der Waals surface area (Å²) in [6.07, 6.45) is 12.2. The van der Waals surface area contributed by atoms with Gasteiger partial charge >= 0.3 is 5.97 Å². The van der Waals surface area contributed by atoms with Crippen molar-refractivity contribution in [1.82, 2.24) is 9.55 Å². The zero-order valence-corrected chi connectivity index (χ0v) is 11.3. The molecule has 0 fully saturated rings. The van der Waals surface area contributed by atoms with E-state index in [0.29, 0.717) is 6.61 Å². The van der Waals surface area contributed by atoms with Crippen molar-refractivity contribution in [1.29, 1.82) is 5.26 Å². The van der Waals surface area contributed by atoms with Gasteiger partial charge in [-0.2, -0.15) is 5.26 Å². The van der Waals surface area contributed by atoms with E-state index in [4.69, 9.17) is 10.00 Å². The number of imidazole rings is 1. The van der Waals surface area contributed by atoms with Crippen LogP contribution in [0.2, 0.25) is 0 Å². The minimum absolute atomic E-state index is 0.145. The van der Waals surface area contributed by atoms with E-state index in [1.807, 2.05) is 12.5 Å². The number of ether oxygens (including phenoxy) is 1. The maximum Gasteiger partial charge on any atom is 0.320 e. The highest BCUT2D eigenvalue weighted by Crippen LogP contribution is 2.06. The Morgan fingerprint density at radius 1 is 1.21 bits per heavy atom. The number of hydrogen-bond acceptors (Lipinski definition) is 4. The number of aromatic nitrogens is 2. The Kier molecular flexibility index (Phi) is 8.12. The summed E-state index contributed by atoms with van der Waals surface area (Å²) in [4.78, 5) is 14.9. The van der Waals surface area contributed by atoms with Crippen molar-refractivity contribution in [3.05, 3.63) is 18.7 Å². The fourth-order valence-electron chi connectivity index (χ4n) is 1.82. The van der Waals surface area contributed by atoms with Crippen LogP contribution in [0.5, 0.6) is 0 Å². The number of esters is 1. The van der Waals surface area contributed by atoms with E-state index < -0.39 is 5.97 Å². The smallest absolute Gasteiger partial charge is 0.320 e. The van der Waals surface area contributed by atoms with Crippen LogP contribution in [0.25, 0.3) is 0 Å². The quantitative estimate of drug-likeness (QED) is 0.481. The van der Waals surface area contributed by atoms with Crippen molar-refractivity contribution in [3.8, 4) is 6.07 Å². The molecule has 5 heteroatoms. The lowest BCUT2D eigenvalue weighted by Crippen LogP contribution is -2.04. The standard InChI is InChI=1S/C14H21N3O2/c15-8-7-14(18)19-12-6-4-2-1-3-5-10-17-11-9-16-13-17/h9,11,13H,1-7,10,12H2. The number of carbonyl (C=O) groups excluding carboxylic acids is 1. The molecule has 1 heterocycles. The van der Waals surface area contributed by atoms with Crippen LogP contribution in [0.4, 0.5) is 0 Å². The number of nitrogens with zero attached hydrogens (tertiary/aromatic N) is 3. The van der Waals surface area contributed by atoms with Gasteiger partial charge in [0.05, 0.1) is 19.0 Å². The summed E-state index contributed by atoms with van der Waals surface area (Å²) >= 11 is 0. The first kappa shape index (κ1) is 15.2. The SMILES string of the molecule is N#CCC(=O)OCCCCCCCCn1ccnc1. The van der Waals surface area contributed by atoms with Crippen LogP contribution in [-0.4, -0.2) is 22.1 Å². The Labute approximate surface area is 114 Å². The molecule has 0 atom stereocenters. The fraction of sp³-hybridized carbons (Fsp3) is 0.643. The van der Waals surface area contributed by atoms with Gasteiger partial charge in [-0.3, -0.25) is 4.79 Å². The molecule has 0 aromatic carbocycles. The lowest BCUT2D eigenvalue weighted by molar-refractivity contribution is -0.142. The van der Waals surface area contributed by atoms with Gasteiger partial charge in [0, 0.05) is 18.9 Å². The highest BCUT2D eigenvalue weighted by molar-refractivity contribution is 5.71. The lowest BCUT2D eigenvalue weighted by atomic mass is 10.1. The Balaban J connectivity index is 1.81. The summed E-state index contributed by atoms with van der Waals surface area (Å²) in [5, 5.41) is 8.27. The molecule has 5 nitrogen and oxygen atoms in total.